The number of carbonyl (C=O) groups is 1. The summed E-state index contributed by atoms with van der Waals surface area (Å²) in [6, 6.07) is 9.04. The molecule has 1 unspecified atom stereocenters. The van der Waals surface area contributed by atoms with Crippen molar-refractivity contribution in [1.82, 2.24) is 4.90 Å². The molecule has 206 valence electrons. The van der Waals surface area contributed by atoms with Gasteiger partial charge in [0, 0.05) is 24.2 Å². The molecular weight excluding hydrogens is 551 g/mol. The Balaban J connectivity index is 1.42. The van der Waals surface area contributed by atoms with E-state index in [1.165, 1.54) is 24.3 Å². The van der Waals surface area contributed by atoms with Gasteiger partial charge < -0.3 is 20.4 Å². The third-order valence-corrected chi connectivity index (χ3v) is 9.79. The molecule has 4 N–H and O–H groups in total. The summed E-state index contributed by atoms with van der Waals surface area (Å²) in [6.07, 6.45) is 1.33. The van der Waals surface area contributed by atoms with E-state index in [0.29, 0.717) is 18.4 Å². The molecule has 14 heteroatoms. The normalized spacial score (nSPS) is 29.0. The number of sulfonamides is 2. The number of fused-ring (bicyclic) bond motifs is 6. The van der Waals surface area contributed by atoms with E-state index >= 15 is 0 Å². The molecule has 0 saturated heterocycles. The number of halogens is 1. The number of rotatable bonds is 5. The molecule has 2 aliphatic carbocycles. The molecule has 0 aromatic heterocycles. The first-order chi connectivity index (χ1) is 18.3. The highest BCUT2D eigenvalue weighted by atomic mass is 32.2. The molecule has 39 heavy (non-hydrogen) atoms. The summed E-state index contributed by atoms with van der Waals surface area (Å²) in [4.78, 5) is 15.2. The zero-order valence-corrected chi connectivity index (χ0v) is 22.2. The summed E-state index contributed by atoms with van der Waals surface area (Å²) in [5.74, 6) is -2.77. The third kappa shape index (κ3) is 4.36. The second-order valence-electron chi connectivity index (χ2n) is 10.4. The summed E-state index contributed by atoms with van der Waals surface area (Å²) < 4.78 is 69.0. The summed E-state index contributed by atoms with van der Waals surface area (Å²) in [7, 11) is -8.07. The monoisotopic (exact) mass is 576 g/mol. The first-order valence-corrected chi connectivity index (χ1v) is 15.6. The molecule has 6 rings (SSSR count). The maximum atomic E-state index is 13.9. The van der Waals surface area contributed by atoms with Gasteiger partial charge in [-0.2, -0.15) is 8.42 Å². The number of benzene rings is 2. The Labute approximate surface area is 224 Å². The lowest BCUT2D eigenvalue weighted by Gasteiger charge is -2.45. The van der Waals surface area contributed by atoms with Crippen molar-refractivity contribution in [1.29, 1.82) is 0 Å². The highest BCUT2D eigenvalue weighted by Gasteiger charge is 2.60. The van der Waals surface area contributed by atoms with E-state index in [1.54, 1.807) is 17.0 Å². The lowest BCUT2D eigenvalue weighted by atomic mass is 9.76. The summed E-state index contributed by atoms with van der Waals surface area (Å²) in [5.41, 5.74) is 0.397. The number of amidine groups is 1. The van der Waals surface area contributed by atoms with Crippen LogP contribution in [0.2, 0.25) is 0 Å². The van der Waals surface area contributed by atoms with Crippen LogP contribution in [0.4, 0.5) is 15.8 Å². The minimum atomic E-state index is -4.41. The van der Waals surface area contributed by atoms with E-state index in [-0.39, 0.29) is 51.8 Å². The van der Waals surface area contributed by atoms with Gasteiger partial charge in [-0.3, -0.25) is 9.52 Å². The van der Waals surface area contributed by atoms with Crippen molar-refractivity contribution in [2.45, 2.75) is 36.4 Å². The molecule has 2 bridgehead atoms. The zero-order chi connectivity index (χ0) is 27.9. The van der Waals surface area contributed by atoms with Crippen molar-refractivity contribution in [2.75, 3.05) is 16.3 Å². The molecule has 0 radical (unpaired) electrons. The van der Waals surface area contributed by atoms with Crippen molar-refractivity contribution in [3.05, 3.63) is 65.2 Å². The largest absolute Gasteiger partial charge is 0.511 e. The predicted octanol–water partition coefficient (Wildman–Crippen LogP) is 1.95. The first kappa shape index (κ1) is 25.8. The van der Waals surface area contributed by atoms with E-state index in [1.807, 2.05) is 0 Å². The van der Waals surface area contributed by atoms with Gasteiger partial charge in [-0.25, -0.2) is 12.8 Å². The van der Waals surface area contributed by atoms with Crippen LogP contribution in [-0.4, -0.2) is 62.1 Å². The summed E-state index contributed by atoms with van der Waals surface area (Å²) in [5, 5.41) is 24.8. The number of aliphatic hydroxyl groups is 2. The standard InChI is InChI=1S/C25H25FN4O7S2/c1-38(34,35)28-15-6-7-17-19(10-15)39(36,37)29-24(27-17)21-23(32)20-16-8-13(9-18(16)31)22(20)30(25(21)33)11-12-2-4-14(26)5-3-12/h2-7,10,13,16,18,20,22,28,31-32H,8-9,11H2,1H3,(H,27,29)/t13-,16-,18?,20-,22+/m1/s1. The van der Waals surface area contributed by atoms with Crippen LogP contribution in [0, 0.1) is 23.6 Å². The number of aliphatic hydroxyl groups excluding tert-OH is 2. The van der Waals surface area contributed by atoms with Crippen LogP contribution >= 0.6 is 0 Å². The summed E-state index contributed by atoms with van der Waals surface area (Å²) in [6.45, 7) is 0.0908. The highest BCUT2D eigenvalue weighted by molar-refractivity contribution is 7.92. The molecule has 11 nitrogen and oxygen atoms in total. The smallest absolute Gasteiger partial charge is 0.286 e. The van der Waals surface area contributed by atoms with Gasteiger partial charge >= 0.3 is 0 Å². The molecular formula is C25H25FN4O7S2. The van der Waals surface area contributed by atoms with Crippen LogP contribution in [0.5, 0.6) is 0 Å². The van der Waals surface area contributed by atoms with Crippen molar-refractivity contribution in [2.24, 2.45) is 22.2 Å². The lowest BCUT2D eigenvalue weighted by Crippen LogP contribution is -2.55. The van der Waals surface area contributed by atoms with Crippen molar-refractivity contribution in [3.63, 3.8) is 0 Å². The highest BCUT2D eigenvalue weighted by Crippen LogP contribution is 2.55. The van der Waals surface area contributed by atoms with Gasteiger partial charge in [0.1, 0.15) is 22.0 Å². The van der Waals surface area contributed by atoms with Crippen LogP contribution in [-0.2, 0) is 31.4 Å². The third-order valence-electron chi connectivity index (χ3n) is 7.86. The van der Waals surface area contributed by atoms with E-state index in [9.17, 15) is 36.2 Å². The Morgan fingerprint density at radius 2 is 1.90 bits per heavy atom. The van der Waals surface area contributed by atoms with Gasteiger partial charge in [-0.15, -0.1) is 4.40 Å². The van der Waals surface area contributed by atoms with Gasteiger partial charge in [0.25, 0.3) is 15.9 Å². The van der Waals surface area contributed by atoms with Gasteiger partial charge in [0.05, 0.1) is 18.0 Å². The van der Waals surface area contributed by atoms with Crippen LogP contribution < -0.4 is 10.0 Å². The number of anilines is 2. The fourth-order valence-corrected chi connectivity index (χ4v) is 8.10. The van der Waals surface area contributed by atoms with E-state index in [4.69, 9.17) is 0 Å². The molecule has 2 aliphatic heterocycles. The van der Waals surface area contributed by atoms with E-state index in [2.05, 4.69) is 14.4 Å². The number of hydrogen-bond acceptors (Lipinski definition) is 8. The van der Waals surface area contributed by atoms with Gasteiger partial charge in [-0.1, -0.05) is 12.1 Å². The Bertz CT molecular complexity index is 1670. The molecule has 4 aliphatic rings. The quantitative estimate of drug-likeness (QED) is 0.419. The number of amides is 1. The average molecular weight is 577 g/mol. The van der Waals surface area contributed by atoms with Crippen molar-refractivity contribution in [3.8, 4) is 0 Å². The van der Waals surface area contributed by atoms with E-state index < -0.39 is 49.8 Å². The van der Waals surface area contributed by atoms with Crippen LogP contribution in [0.1, 0.15) is 18.4 Å². The molecule has 2 fully saturated rings. The maximum absolute atomic E-state index is 13.9. The van der Waals surface area contributed by atoms with Crippen LogP contribution in [0.15, 0.2) is 63.1 Å². The number of carbonyl (C=O) groups excluding carboxylic acids is 1. The Morgan fingerprint density at radius 3 is 2.59 bits per heavy atom. The maximum Gasteiger partial charge on any atom is 0.286 e. The number of nitrogens with zero attached hydrogens (tertiary/aromatic N) is 2. The minimum Gasteiger partial charge on any atom is -0.511 e. The van der Waals surface area contributed by atoms with Crippen LogP contribution in [0.3, 0.4) is 0 Å². The Kier molecular flexibility index (Phi) is 5.79. The molecule has 2 aromatic rings. The average Bonchev–Trinajstić information content (AvgIpc) is 3.40. The zero-order valence-electron chi connectivity index (χ0n) is 20.6. The van der Waals surface area contributed by atoms with Crippen molar-refractivity contribution < 1.29 is 36.2 Å². The second kappa shape index (κ2) is 8.76. The molecule has 0 spiro atoms. The molecule has 2 aromatic carbocycles. The Morgan fingerprint density at radius 1 is 1.18 bits per heavy atom. The topological polar surface area (TPSA) is 165 Å². The van der Waals surface area contributed by atoms with Crippen molar-refractivity contribution >= 4 is 43.2 Å². The fraction of sp³-hybridized carbons (Fsp3) is 0.360. The summed E-state index contributed by atoms with van der Waals surface area (Å²) >= 11 is 0. The lowest BCUT2D eigenvalue weighted by molar-refractivity contribution is -0.135. The van der Waals surface area contributed by atoms with Gasteiger partial charge in [-0.05, 0) is 60.6 Å². The Hall–Kier alpha value is -3.49. The molecule has 2 saturated carbocycles. The molecule has 5 atom stereocenters. The molecule has 1 amide bonds. The second-order valence-corrected chi connectivity index (χ2v) is 13.7. The predicted molar refractivity (Wildman–Crippen MR) is 139 cm³/mol. The fourth-order valence-electron chi connectivity index (χ4n) is 6.40. The molecule has 2 heterocycles. The first-order valence-electron chi connectivity index (χ1n) is 12.2. The SMILES string of the molecule is CS(=O)(=O)Nc1ccc2c(c1)S(=O)(=O)N=C(C1=C(O)[C@H]3[C@H]([C@H]4CC(O)[C@H]3C4)N(Cc3ccc(F)cc3)C1=O)N2. The van der Waals surface area contributed by atoms with Gasteiger partial charge in [0.15, 0.2) is 5.84 Å². The number of hydrogen-bond donors (Lipinski definition) is 4. The number of nitrogens with one attached hydrogen (secondary N) is 2. The minimum absolute atomic E-state index is 0.0142. The van der Waals surface area contributed by atoms with Crippen LogP contribution in [0.25, 0.3) is 0 Å². The van der Waals surface area contributed by atoms with Gasteiger partial charge in [0.2, 0.25) is 10.0 Å². The van der Waals surface area contributed by atoms with E-state index in [0.717, 1.165) is 12.3 Å².